The van der Waals surface area contributed by atoms with Crippen LogP contribution in [0.4, 0.5) is 9.59 Å². The van der Waals surface area contributed by atoms with Crippen LogP contribution in [0.1, 0.15) is 63.3 Å². The molecule has 2 aromatic carbocycles. The minimum Gasteiger partial charge on any atom is -0.465 e. The zero-order chi connectivity index (χ0) is 35.1. The first-order chi connectivity index (χ1) is 24.1. The van der Waals surface area contributed by atoms with Gasteiger partial charge in [0.1, 0.15) is 23.7 Å². The predicted octanol–water partition coefficient (Wildman–Crippen LogP) is 4.83. The number of carbonyl (C=O) groups is 4. The second-order valence-electron chi connectivity index (χ2n) is 12.9. The van der Waals surface area contributed by atoms with Crippen LogP contribution >= 0.6 is 0 Å². The third kappa shape index (κ3) is 6.10. The molecule has 0 saturated carbocycles. The highest BCUT2D eigenvalue weighted by molar-refractivity contribution is 6.09. The monoisotopic (exact) mass is 681 g/mol. The van der Waals surface area contributed by atoms with Crippen LogP contribution in [0.25, 0.3) is 44.3 Å². The van der Waals surface area contributed by atoms with Crippen LogP contribution < -0.4 is 10.6 Å². The van der Waals surface area contributed by atoms with E-state index >= 15 is 0 Å². The molecule has 2 fully saturated rings. The summed E-state index contributed by atoms with van der Waals surface area (Å²) in [4.78, 5) is 71.9. The molecule has 15 heteroatoms. The molecule has 2 aliphatic rings. The number of carboxylic acid groups (broad SMARTS) is 1. The van der Waals surface area contributed by atoms with Crippen molar-refractivity contribution in [2.45, 2.75) is 63.7 Å². The van der Waals surface area contributed by atoms with Crippen LogP contribution in [-0.2, 0) is 14.3 Å². The third-order valence-corrected chi connectivity index (χ3v) is 9.72. The highest BCUT2D eigenvalue weighted by atomic mass is 16.5. The van der Waals surface area contributed by atoms with Crippen molar-refractivity contribution < 1.29 is 29.0 Å². The number of ether oxygens (including phenoxy) is 1. The Morgan fingerprint density at radius 2 is 1.26 bits per heavy atom. The fraction of sp³-hybridized carbons (Fsp3) is 0.371. The van der Waals surface area contributed by atoms with Crippen molar-refractivity contribution in [2.75, 3.05) is 20.2 Å². The standard InChI is InChI=1S/C35H39N9O6/c1-18(38-34(47)48)32(45)43-12-4-6-28(43)30-36-16-26(41-30)20-8-10-22-23-11-9-21(15-25(23)40-24(22)14-20)27-17-37-31(42-27)29-7-5-13-44(29)33(46)19(2)39-35(49)50-3/h8-11,14-19,28-29,38,40H,4-7,12-13H2,1-3H3,(H,36,41)(H,37,42)(H,39,49)(H,47,48)/t18-,19-,28-,29-/m0/s1. The molecular formula is C35H39N9O6. The maximum Gasteiger partial charge on any atom is 0.407 e. The number of imidazole rings is 2. The Morgan fingerprint density at radius 1 is 0.780 bits per heavy atom. The lowest BCUT2D eigenvalue weighted by Crippen LogP contribution is -2.46. The van der Waals surface area contributed by atoms with E-state index in [4.69, 9.17) is 5.11 Å². The Kier molecular flexibility index (Phi) is 8.64. The molecule has 0 spiro atoms. The second-order valence-corrected chi connectivity index (χ2v) is 12.9. The zero-order valence-corrected chi connectivity index (χ0v) is 27.9. The Hall–Kier alpha value is -5.86. The highest BCUT2D eigenvalue weighted by Gasteiger charge is 2.36. The van der Waals surface area contributed by atoms with Gasteiger partial charge in [0.05, 0.1) is 43.0 Å². The first-order valence-corrected chi connectivity index (χ1v) is 16.7. The lowest BCUT2D eigenvalue weighted by atomic mass is 10.1. The summed E-state index contributed by atoms with van der Waals surface area (Å²) in [5.74, 6) is 0.921. The van der Waals surface area contributed by atoms with Gasteiger partial charge >= 0.3 is 12.2 Å². The van der Waals surface area contributed by atoms with Crippen molar-refractivity contribution in [2.24, 2.45) is 0 Å². The number of hydrogen-bond donors (Lipinski definition) is 6. The van der Waals surface area contributed by atoms with Gasteiger partial charge < -0.3 is 45.2 Å². The molecule has 4 amide bonds. The molecule has 0 radical (unpaired) electrons. The van der Waals surface area contributed by atoms with Gasteiger partial charge in [-0.2, -0.15) is 0 Å². The number of nitrogens with one attached hydrogen (secondary N) is 5. The SMILES string of the molecule is COC(=O)N[C@@H](C)C(=O)N1CCC[C@H]1c1ncc(-c2ccc3c(c2)[nH]c2cc(-c4cnc([C@@H]5CCCN5C(=O)[C@H](C)NC(=O)O)[nH]4)ccc23)[nH]1. The quantitative estimate of drug-likeness (QED) is 0.134. The molecule has 0 bridgehead atoms. The topological polar surface area (TPSA) is 201 Å². The molecule has 2 aliphatic heterocycles. The molecule has 4 atom stereocenters. The lowest BCUT2D eigenvalue weighted by Gasteiger charge is -2.26. The Labute approximate surface area is 286 Å². The van der Waals surface area contributed by atoms with E-state index in [1.54, 1.807) is 36.0 Å². The van der Waals surface area contributed by atoms with E-state index in [2.05, 4.69) is 64.6 Å². The van der Waals surface area contributed by atoms with Crippen LogP contribution in [0.5, 0.6) is 0 Å². The molecule has 0 unspecified atom stereocenters. The van der Waals surface area contributed by atoms with Gasteiger partial charge in [-0.05, 0) is 51.7 Å². The summed E-state index contributed by atoms with van der Waals surface area (Å²) in [5.41, 5.74) is 5.44. The average Bonchev–Trinajstić information content (AvgIpc) is 3.95. The van der Waals surface area contributed by atoms with E-state index in [9.17, 15) is 19.2 Å². The van der Waals surface area contributed by atoms with Gasteiger partial charge in [0.25, 0.3) is 0 Å². The van der Waals surface area contributed by atoms with Crippen molar-refractivity contribution in [1.29, 1.82) is 0 Å². The Balaban J connectivity index is 1.09. The number of carbonyl (C=O) groups excluding carboxylic acids is 3. The maximum atomic E-state index is 13.1. The summed E-state index contributed by atoms with van der Waals surface area (Å²) in [6.45, 7) is 4.32. The van der Waals surface area contributed by atoms with Gasteiger partial charge in [-0.25, -0.2) is 19.6 Å². The predicted molar refractivity (Wildman–Crippen MR) is 184 cm³/mol. The number of alkyl carbamates (subject to hydrolysis) is 1. The van der Waals surface area contributed by atoms with Crippen LogP contribution in [0, 0.1) is 0 Å². The number of benzene rings is 2. The van der Waals surface area contributed by atoms with E-state index in [1.807, 2.05) is 12.1 Å². The number of H-pyrrole nitrogens is 3. The number of aromatic nitrogens is 5. The molecule has 2 saturated heterocycles. The molecule has 50 heavy (non-hydrogen) atoms. The molecule has 3 aromatic heterocycles. The minimum absolute atomic E-state index is 0.183. The van der Waals surface area contributed by atoms with E-state index in [0.29, 0.717) is 24.7 Å². The lowest BCUT2D eigenvalue weighted by molar-refractivity contribution is -0.134. The van der Waals surface area contributed by atoms with E-state index in [-0.39, 0.29) is 23.9 Å². The number of likely N-dealkylation sites (tertiary alicyclic amines) is 2. The molecule has 5 aromatic rings. The summed E-state index contributed by atoms with van der Waals surface area (Å²) in [5, 5.41) is 16.0. The number of nitrogens with zero attached hydrogens (tertiary/aromatic N) is 4. The normalized spacial score (nSPS) is 18.8. The fourth-order valence-electron chi connectivity index (χ4n) is 7.22. The van der Waals surface area contributed by atoms with Gasteiger partial charge in [-0.1, -0.05) is 24.3 Å². The molecule has 5 heterocycles. The molecule has 15 nitrogen and oxygen atoms in total. The average molecular weight is 682 g/mol. The smallest absolute Gasteiger partial charge is 0.407 e. The second kappa shape index (κ2) is 13.2. The third-order valence-electron chi connectivity index (χ3n) is 9.72. The van der Waals surface area contributed by atoms with Crippen LogP contribution in [0.15, 0.2) is 48.8 Å². The number of rotatable bonds is 8. The summed E-state index contributed by atoms with van der Waals surface area (Å²) >= 11 is 0. The molecule has 0 aliphatic carbocycles. The zero-order valence-electron chi connectivity index (χ0n) is 27.9. The number of amides is 4. The largest absolute Gasteiger partial charge is 0.465 e. The molecular weight excluding hydrogens is 642 g/mol. The maximum absolute atomic E-state index is 13.1. The van der Waals surface area contributed by atoms with Crippen molar-refractivity contribution in [1.82, 2.24) is 45.4 Å². The highest BCUT2D eigenvalue weighted by Crippen LogP contribution is 2.36. The van der Waals surface area contributed by atoms with Crippen LogP contribution in [0.2, 0.25) is 0 Å². The van der Waals surface area contributed by atoms with Gasteiger partial charge in [-0.3, -0.25) is 9.59 Å². The fourth-order valence-corrected chi connectivity index (χ4v) is 7.22. The number of fused-ring (bicyclic) bond motifs is 3. The van der Waals surface area contributed by atoms with Gasteiger partial charge in [0.2, 0.25) is 11.8 Å². The number of hydrogen-bond acceptors (Lipinski definition) is 7. The molecule has 6 N–H and O–H groups in total. The van der Waals surface area contributed by atoms with Gasteiger partial charge in [0.15, 0.2) is 0 Å². The minimum atomic E-state index is -1.23. The van der Waals surface area contributed by atoms with Crippen LogP contribution in [0.3, 0.4) is 0 Å². The summed E-state index contributed by atoms with van der Waals surface area (Å²) in [7, 11) is 1.27. The molecule has 7 rings (SSSR count). The summed E-state index contributed by atoms with van der Waals surface area (Å²) < 4.78 is 4.64. The van der Waals surface area contributed by atoms with Crippen molar-refractivity contribution in [3.05, 3.63) is 60.4 Å². The van der Waals surface area contributed by atoms with Gasteiger partial charge in [0, 0.05) is 46.0 Å². The first-order valence-electron chi connectivity index (χ1n) is 16.7. The van der Waals surface area contributed by atoms with Gasteiger partial charge in [-0.15, -0.1) is 0 Å². The Bertz CT molecular complexity index is 2100. The van der Waals surface area contributed by atoms with Crippen molar-refractivity contribution >= 4 is 45.8 Å². The first kappa shape index (κ1) is 32.7. The van der Waals surface area contributed by atoms with E-state index in [1.165, 1.54) is 7.11 Å². The van der Waals surface area contributed by atoms with Crippen LogP contribution in [-0.4, -0.2) is 96.1 Å². The Morgan fingerprint density at radius 3 is 1.72 bits per heavy atom. The number of methoxy groups -OCH3 is 1. The summed E-state index contributed by atoms with van der Waals surface area (Å²) in [6, 6.07) is 10.3. The van der Waals surface area contributed by atoms with Crippen molar-refractivity contribution in [3.63, 3.8) is 0 Å². The molecule has 260 valence electrons. The van der Waals surface area contributed by atoms with Crippen molar-refractivity contribution in [3.8, 4) is 22.5 Å². The van der Waals surface area contributed by atoms with E-state index < -0.39 is 24.3 Å². The van der Waals surface area contributed by atoms with E-state index in [0.717, 1.165) is 70.0 Å². The summed E-state index contributed by atoms with van der Waals surface area (Å²) in [6.07, 6.45) is 4.83. The number of aromatic amines is 3.